The maximum atomic E-state index is 12.9. The largest absolute Gasteiger partial charge is 0.459 e. The molecule has 0 bridgehead atoms. The quantitative estimate of drug-likeness (QED) is 0.684. The molecular weight excluding hydrogens is 358 g/mol. The number of benzene rings is 1. The standard InChI is InChI=1S/C21H23N3O2S/c1-15-12-23(13-17-6-4-3-5-7-17)10-11-24(15)21(25)18-14-27-20(22-18)19-9-8-16(2)26-19/h3-9,14-15H,10-13H2,1-2H3. The van der Waals surface area contributed by atoms with E-state index in [2.05, 4.69) is 41.1 Å². The summed E-state index contributed by atoms with van der Waals surface area (Å²) in [5.74, 6) is 1.57. The van der Waals surface area contributed by atoms with Crippen LogP contribution in [-0.4, -0.2) is 46.4 Å². The number of piperazine rings is 1. The number of hydrogen-bond acceptors (Lipinski definition) is 5. The molecule has 1 unspecified atom stereocenters. The lowest BCUT2D eigenvalue weighted by Crippen LogP contribution is -2.53. The van der Waals surface area contributed by atoms with Crippen molar-refractivity contribution in [2.45, 2.75) is 26.4 Å². The molecule has 27 heavy (non-hydrogen) atoms. The third kappa shape index (κ3) is 3.96. The molecule has 1 amide bonds. The molecule has 1 saturated heterocycles. The summed E-state index contributed by atoms with van der Waals surface area (Å²) in [5, 5.41) is 2.58. The van der Waals surface area contributed by atoms with Crippen molar-refractivity contribution in [1.29, 1.82) is 0 Å². The molecule has 5 nitrogen and oxygen atoms in total. The van der Waals surface area contributed by atoms with Crippen molar-refractivity contribution in [2.24, 2.45) is 0 Å². The van der Waals surface area contributed by atoms with Crippen LogP contribution in [0.2, 0.25) is 0 Å². The lowest BCUT2D eigenvalue weighted by molar-refractivity contribution is 0.0471. The van der Waals surface area contributed by atoms with E-state index in [1.165, 1.54) is 16.9 Å². The summed E-state index contributed by atoms with van der Waals surface area (Å²) in [4.78, 5) is 21.8. The minimum atomic E-state index is 0.00707. The third-order valence-electron chi connectivity index (χ3n) is 4.90. The molecule has 3 aromatic rings. The van der Waals surface area contributed by atoms with E-state index in [-0.39, 0.29) is 11.9 Å². The molecule has 0 radical (unpaired) electrons. The first-order valence-electron chi connectivity index (χ1n) is 9.20. The van der Waals surface area contributed by atoms with Gasteiger partial charge >= 0.3 is 0 Å². The molecule has 4 rings (SSSR count). The van der Waals surface area contributed by atoms with E-state index in [0.717, 1.165) is 42.7 Å². The van der Waals surface area contributed by atoms with Gasteiger partial charge in [-0.25, -0.2) is 4.98 Å². The highest BCUT2D eigenvalue weighted by Gasteiger charge is 2.29. The van der Waals surface area contributed by atoms with Gasteiger partial charge in [-0.05, 0) is 31.5 Å². The zero-order valence-electron chi connectivity index (χ0n) is 15.6. The summed E-state index contributed by atoms with van der Waals surface area (Å²) in [6.45, 7) is 7.40. The molecule has 1 aliphatic heterocycles. The van der Waals surface area contributed by atoms with E-state index in [9.17, 15) is 4.79 Å². The van der Waals surface area contributed by atoms with Crippen molar-refractivity contribution in [1.82, 2.24) is 14.8 Å². The molecule has 2 aromatic heterocycles. The summed E-state index contributed by atoms with van der Waals surface area (Å²) >= 11 is 1.45. The summed E-state index contributed by atoms with van der Waals surface area (Å²) in [7, 11) is 0. The van der Waals surface area contributed by atoms with Gasteiger partial charge < -0.3 is 9.32 Å². The number of hydrogen-bond donors (Lipinski definition) is 0. The number of carbonyl (C=O) groups is 1. The van der Waals surface area contributed by atoms with Crippen LogP contribution in [0.25, 0.3) is 10.8 Å². The predicted molar refractivity (Wildman–Crippen MR) is 107 cm³/mol. The second-order valence-corrected chi connectivity index (χ2v) is 7.87. The molecule has 0 spiro atoms. The first kappa shape index (κ1) is 17.9. The van der Waals surface area contributed by atoms with Crippen LogP contribution in [-0.2, 0) is 6.54 Å². The highest BCUT2D eigenvalue weighted by Crippen LogP contribution is 2.26. The summed E-state index contributed by atoms with van der Waals surface area (Å²) in [6, 6.07) is 14.4. The van der Waals surface area contributed by atoms with Crippen molar-refractivity contribution in [3.63, 3.8) is 0 Å². The lowest BCUT2D eigenvalue weighted by Gasteiger charge is -2.39. The smallest absolute Gasteiger partial charge is 0.273 e. The first-order chi connectivity index (χ1) is 13.1. The van der Waals surface area contributed by atoms with Crippen LogP contribution in [0.1, 0.15) is 28.7 Å². The minimum absolute atomic E-state index is 0.00707. The Balaban J connectivity index is 1.41. The van der Waals surface area contributed by atoms with Crippen LogP contribution in [0, 0.1) is 6.92 Å². The van der Waals surface area contributed by atoms with Crippen LogP contribution < -0.4 is 0 Å². The highest BCUT2D eigenvalue weighted by molar-refractivity contribution is 7.13. The van der Waals surface area contributed by atoms with E-state index >= 15 is 0 Å². The molecule has 1 aliphatic rings. The number of aryl methyl sites for hydroxylation is 1. The fraction of sp³-hybridized carbons (Fsp3) is 0.333. The molecule has 1 fully saturated rings. The molecule has 6 heteroatoms. The van der Waals surface area contributed by atoms with Gasteiger partial charge in [-0.2, -0.15) is 0 Å². The van der Waals surface area contributed by atoms with Crippen molar-refractivity contribution < 1.29 is 9.21 Å². The number of furan rings is 1. The van der Waals surface area contributed by atoms with Gasteiger partial charge in [0, 0.05) is 37.6 Å². The van der Waals surface area contributed by atoms with Crippen molar-refractivity contribution in [3.8, 4) is 10.8 Å². The van der Waals surface area contributed by atoms with Crippen molar-refractivity contribution >= 4 is 17.2 Å². The maximum Gasteiger partial charge on any atom is 0.273 e. The number of rotatable bonds is 4. The Morgan fingerprint density at radius 3 is 2.74 bits per heavy atom. The Morgan fingerprint density at radius 2 is 2.04 bits per heavy atom. The van der Waals surface area contributed by atoms with Crippen LogP contribution >= 0.6 is 11.3 Å². The molecule has 0 saturated carbocycles. The topological polar surface area (TPSA) is 49.6 Å². The number of aromatic nitrogens is 1. The maximum absolute atomic E-state index is 12.9. The normalized spacial score (nSPS) is 18.0. The number of thiazole rings is 1. The van der Waals surface area contributed by atoms with E-state index in [0.29, 0.717) is 5.69 Å². The predicted octanol–water partition coefficient (Wildman–Crippen LogP) is 4.06. The number of nitrogens with zero attached hydrogens (tertiary/aromatic N) is 3. The zero-order valence-corrected chi connectivity index (χ0v) is 16.4. The van der Waals surface area contributed by atoms with Gasteiger partial charge in [0.15, 0.2) is 10.8 Å². The van der Waals surface area contributed by atoms with Crippen LogP contribution in [0.15, 0.2) is 52.3 Å². The van der Waals surface area contributed by atoms with Gasteiger partial charge in [0.2, 0.25) is 0 Å². The Morgan fingerprint density at radius 1 is 1.22 bits per heavy atom. The second kappa shape index (κ2) is 7.66. The van der Waals surface area contributed by atoms with E-state index < -0.39 is 0 Å². The fourth-order valence-electron chi connectivity index (χ4n) is 3.50. The van der Waals surface area contributed by atoms with Gasteiger partial charge in [-0.1, -0.05) is 30.3 Å². The van der Waals surface area contributed by atoms with E-state index in [1.54, 1.807) is 0 Å². The van der Waals surface area contributed by atoms with Gasteiger partial charge in [0.1, 0.15) is 11.5 Å². The Kier molecular flexibility index (Phi) is 5.09. The molecule has 140 valence electrons. The van der Waals surface area contributed by atoms with Gasteiger partial charge in [-0.3, -0.25) is 9.69 Å². The second-order valence-electron chi connectivity index (χ2n) is 7.02. The van der Waals surface area contributed by atoms with Crippen LogP contribution in [0.3, 0.4) is 0 Å². The number of amides is 1. The Bertz CT molecular complexity index is 918. The highest BCUT2D eigenvalue weighted by atomic mass is 32.1. The Labute approximate surface area is 163 Å². The zero-order chi connectivity index (χ0) is 18.8. The summed E-state index contributed by atoms with van der Waals surface area (Å²) in [5.41, 5.74) is 1.81. The Hall–Kier alpha value is -2.44. The average molecular weight is 382 g/mol. The van der Waals surface area contributed by atoms with E-state index in [1.807, 2.05) is 35.4 Å². The summed E-state index contributed by atoms with van der Waals surface area (Å²) in [6.07, 6.45) is 0. The fourth-order valence-corrected chi connectivity index (χ4v) is 4.26. The average Bonchev–Trinajstić information content (AvgIpc) is 3.31. The SMILES string of the molecule is Cc1ccc(-c2nc(C(=O)N3CCN(Cc4ccccc4)CC3C)cs2)o1. The van der Waals surface area contributed by atoms with E-state index in [4.69, 9.17) is 4.42 Å². The van der Waals surface area contributed by atoms with Crippen LogP contribution in [0.5, 0.6) is 0 Å². The molecule has 1 atom stereocenters. The molecule has 0 N–H and O–H groups in total. The summed E-state index contributed by atoms with van der Waals surface area (Å²) < 4.78 is 5.62. The van der Waals surface area contributed by atoms with Gasteiger partial charge in [-0.15, -0.1) is 11.3 Å². The van der Waals surface area contributed by atoms with Gasteiger partial charge in [0.05, 0.1) is 0 Å². The molecule has 3 heterocycles. The van der Waals surface area contributed by atoms with Crippen LogP contribution in [0.4, 0.5) is 0 Å². The molecular formula is C21H23N3O2S. The molecule has 1 aromatic carbocycles. The monoisotopic (exact) mass is 381 g/mol. The lowest BCUT2D eigenvalue weighted by atomic mass is 10.1. The first-order valence-corrected chi connectivity index (χ1v) is 10.1. The van der Waals surface area contributed by atoms with Gasteiger partial charge in [0.25, 0.3) is 5.91 Å². The minimum Gasteiger partial charge on any atom is -0.459 e. The van der Waals surface area contributed by atoms with Crippen molar-refractivity contribution in [3.05, 3.63) is 64.9 Å². The number of carbonyl (C=O) groups excluding carboxylic acids is 1. The van der Waals surface area contributed by atoms with Crippen molar-refractivity contribution in [2.75, 3.05) is 19.6 Å². The third-order valence-corrected chi connectivity index (χ3v) is 5.75. The molecule has 0 aliphatic carbocycles.